The van der Waals surface area contributed by atoms with Crippen LogP contribution in [-0.2, 0) is 0 Å². The summed E-state index contributed by atoms with van der Waals surface area (Å²) in [6, 6.07) is 9.42. The van der Waals surface area contributed by atoms with E-state index in [4.69, 9.17) is 28.9 Å². The van der Waals surface area contributed by atoms with Crippen LogP contribution in [0.1, 0.15) is 17.2 Å². The molecular weight excluding hydrogens is 326 g/mol. The van der Waals surface area contributed by atoms with E-state index in [0.29, 0.717) is 5.56 Å². The van der Waals surface area contributed by atoms with E-state index in [2.05, 4.69) is 4.74 Å². The van der Waals surface area contributed by atoms with Gasteiger partial charge in [-0.15, -0.1) is 13.2 Å². The fraction of sp³-hybridized carbons (Fsp3) is 0.143. The topological polar surface area (TPSA) is 35.2 Å². The van der Waals surface area contributed by atoms with E-state index in [1.54, 1.807) is 24.3 Å². The van der Waals surface area contributed by atoms with Gasteiger partial charge in [-0.3, -0.25) is 0 Å². The summed E-state index contributed by atoms with van der Waals surface area (Å²) in [6.45, 7) is 0. The highest BCUT2D eigenvalue weighted by molar-refractivity contribution is 6.36. The Morgan fingerprint density at radius 1 is 0.952 bits per heavy atom. The number of rotatable bonds is 3. The van der Waals surface area contributed by atoms with Gasteiger partial charge >= 0.3 is 6.36 Å². The van der Waals surface area contributed by atoms with Crippen LogP contribution in [0.3, 0.4) is 0 Å². The first-order valence-corrected chi connectivity index (χ1v) is 6.59. The molecule has 2 aromatic carbocycles. The molecule has 2 rings (SSSR count). The molecule has 112 valence electrons. The average molecular weight is 336 g/mol. The van der Waals surface area contributed by atoms with Gasteiger partial charge in [-0.2, -0.15) is 0 Å². The first-order valence-electron chi connectivity index (χ1n) is 5.84. The summed E-state index contributed by atoms with van der Waals surface area (Å²) in [5, 5.41) is 0.550. The van der Waals surface area contributed by atoms with Gasteiger partial charge in [0, 0.05) is 21.2 Å². The predicted molar refractivity (Wildman–Crippen MR) is 75.6 cm³/mol. The summed E-state index contributed by atoms with van der Waals surface area (Å²) in [4.78, 5) is 0. The van der Waals surface area contributed by atoms with E-state index in [0.717, 1.165) is 0 Å². The molecule has 0 bridgehead atoms. The molecular formula is C14H10Cl2F3NO. The predicted octanol–water partition coefficient (Wildman–Crippen LogP) is 4.94. The first-order chi connectivity index (χ1) is 9.79. The standard InChI is InChI=1S/C14H10Cl2F3NO/c15-9-5-3-6-10(16)12(9)13(20)8-4-1-2-7-11(8)21-14(17,18)19/h1-7,13H,20H2. The van der Waals surface area contributed by atoms with E-state index in [1.165, 1.54) is 18.2 Å². The Bertz CT molecular complexity index is 626. The molecule has 7 heteroatoms. The molecule has 2 N–H and O–H groups in total. The zero-order valence-electron chi connectivity index (χ0n) is 10.5. The van der Waals surface area contributed by atoms with Gasteiger partial charge in [-0.1, -0.05) is 47.5 Å². The molecule has 0 aliphatic rings. The van der Waals surface area contributed by atoms with Crippen molar-refractivity contribution in [1.82, 2.24) is 0 Å². The third-order valence-corrected chi connectivity index (χ3v) is 3.45. The van der Waals surface area contributed by atoms with E-state index >= 15 is 0 Å². The van der Waals surface area contributed by atoms with E-state index < -0.39 is 12.4 Å². The molecule has 0 aromatic heterocycles. The lowest BCUT2D eigenvalue weighted by atomic mass is 9.98. The van der Waals surface area contributed by atoms with E-state index in [1.807, 2.05) is 0 Å². The zero-order valence-corrected chi connectivity index (χ0v) is 12.0. The molecule has 0 spiro atoms. The highest BCUT2D eigenvalue weighted by Gasteiger charge is 2.33. The van der Waals surface area contributed by atoms with Gasteiger partial charge in [0.2, 0.25) is 0 Å². The summed E-state index contributed by atoms with van der Waals surface area (Å²) < 4.78 is 41.3. The SMILES string of the molecule is NC(c1ccccc1OC(F)(F)F)c1c(Cl)cccc1Cl. The van der Waals surface area contributed by atoms with Gasteiger partial charge in [0.1, 0.15) is 5.75 Å². The van der Waals surface area contributed by atoms with Crippen molar-refractivity contribution in [3.63, 3.8) is 0 Å². The first kappa shape index (κ1) is 15.9. The van der Waals surface area contributed by atoms with Crippen molar-refractivity contribution in [1.29, 1.82) is 0 Å². The van der Waals surface area contributed by atoms with Crippen molar-refractivity contribution in [2.24, 2.45) is 5.73 Å². The van der Waals surface area contributed by atoms with Crippen LogP contribution in [0.5, 0.6) is 5.75 Å². The second kappa shape index (κ2) is 6.13. The van der Waals surface area contributed by atoms with Crippen LogP contribution in [0, 0.1) is 0 Å². The van der Waals surface area contributed by atoms with Crippen LogP contribution < -0.4 is 10.5 Å². The Balaban J connectivity index is 2.47. The third kappa shape index (κ3) is 3.81. The smallest absolute Gasteiger partial charge is 0.405 e. The van der Waals surface area contributed by atoms with Crippen LogP contribution in [-0.4, -0.2) is 6.36 Å². The Labute approximate surface area is 129 Å². The van der Waals surface area contributed by atoms with Crippen LogP contribution in [0.15, 0.2) is 42.5 Å². The molecule has 1 atom stereocenters. The van der Waals surface area contributed by atoms with Crippen molar-refractivity contribution >= 4 is 23.2 Å². The number of ether oxygens (including phenoxy) is 1. The molecule has 0 radical (unpaired) electrons. The minimum absolute atomic E-state index is 0.143. The number of hydrogen-bond acceptors (Lipinski definition) is 2. The molecule has 0 heterocycles. The normalized spacial score (nSPS) is 13.0. The lowest BCUT2D eigenvalue weighted by Gasteiger charge is -2.19. The summed E-state index contributed by atoms with van der Waals surface area (Å²) in [5.74, 6) is -0.381. The minimum Gasteiger partial charge on any atom is -0.405 e. The molecule has 2 aromatic rings. The molecule has 0 saturated heterocycles. The summed E-state index contributed by atoms with van der Waals surface area (Å²) in [7, 11) is 0. The fourth-order valence-electron chi connectivity index (χ4n) is 1.92. The average Bonchev–Trinajstić information content (AvgIpc) is 2.37. The Morgan fingerprint density at radius 3 is 2.10 bits per heavy atom. The van der Waals surface area contributed by atoms with E-state index in [-0.39, 0.29) is 21.4 Å². The van der Waals surface area contributed by atoms with Gasteiger partial charge in [0.25, 0.3) is 0 Å². The highest BCUT2D eigenvalue weighted by atomic mass is 35.5. The lowest BCUT2D eigenvalue weighted by molar-refractivity contribution is -0.274. The number of halogens is 5. The highest BCUT2D eigenvalue weighted by Crippen LogP contribution is 2.37. The summed E-state index contributed by atoms with van der Waals surface area (Å²) >= 11 is 12.1. The maximum atomic E-state index is 12.4. The molecule has 0 amide bonds. The summed E-state index contributed by atoms with van der Waals surface area (Å²) in [5.41, 5.74) is 6.51. The number of para-hydroxylation sites is 1. The van der Waals surface area contributed by atoms with Crippen LogP contribution >= 0.6 is 23.2 Å². The monoisotopic (exact) mass is 335 g/mol. The molecule has 1 unspecified atom stereocenters. The van der Waals surface area contributed by atoms with Crippen molar-refractivity contribution in [2.45, 2.75) is 12.4 Å². The van der Waals surface area contributed by atoms with Crippen LogP contribution in [0.2, 0.25) is 10.0 Å². The van der Waals surface area contributed by atoms with Crippen LogP contribution in [0.4, 0.5) is 13.2 Å². The van der Waals surface area contributed by atoms with Gasteiger partial charge in [0.15, 0.2) is 0 Å². The third-order valence-electron chi connectivity index (χ3n) is 2.79. The van der Waals surface area contributed by atoms with Crippen molar-refractivity contribution in [3.05, 3.63) is 63.6 Å². The quantitative estimate of drug-likeness (QED) is 0.862. The molecule has 21 heavy (non-hydrogen) atoms. The van der Waals surface area contributed by atoms with Gasteiger partial charge < -0.3 is 10.5 Å². The molecule has 0 aliphatic heterocycles. The number of benzene rings is 2. The summed E-state index contributed by atoms with van der Waals surface area (Å²) in [6.07, 6.45) is -4.81. The van der Waals surface area contributed by atoms with Crippen molar-refractivity contribution in [2.75, 3.05) is 0 Å². The Morgan fingerprint density at radius 2 is 1.52 bits per heavy atom. The molecule has 0 fully saturated rings. The maximum Gasteiger partial charge on any atom is 0.573 e. The maximum absolute atomic E-state index is 12.4. The largest absolute Gasteiger partial charge is 0.573 e. The molecule has 0 saturated carbocycles. The van der Waals surface area contributed by atoms with Gasteiger partial charge in [-0.25, -0.2) is 0 Å². The van der Waals surface area contributed by atoms with Crippen molar-refractivity contribution < 1.29 is 17.9 Å². The molecule has 2 nitrogen and oxygen atoms in total. The zero-order chi connectivity index (χ0) is 15.6. The number of alkyl halides is 3. The van der Waals surface area contributed by atoms with Crippen LogP contribution in [0.25, 0.3) is 0 Å². The van der Waals surface area contributed by atoms with Gasteiger partial charge in [0.05, 0.1) is 6.04 Å². The lowest BCUT2D eigenvalue weighted by Crippen LogP contribution is -2.21. The Hall–Kier alpha value is -1.43. The van der Waals surface area contributed by atoms with E-state index in [9.17, 15) is 13.2 Å². The number of nitrogens with two attached hydrogens (primary N) is 1. The second-order valence-electron chi connectivity index (χ2n) is 4.20. The minimum atomic E-state index is -4.81. The van der Waals surface area contributed by atoms with Crippen molar-refractivity contribution in [3.8, 4) is 5.75 Å². The fourth-order valence-corrected chi connectivity index (χ4v) is 2.55. The molecule has 0 aliphatic carbocycles. The van der Waals surface area contributed by atoms with Gasteiger partial charge in [-0.05, 0) is 18.2 Å². The number of hydrogen-bond donors (Lipinski definition) is 1. The second-order valence-corrected chi connectivity index (χ2v) is 5.01. The Kier molecular flexibility index (Phi) is 4.66.